The average molecular weight is 554 g/mol. The van der Waals surface area contributed by atoms with E-state index in [4.69, 9.17) is 19.9 Å². The maximum absolute atomic E-state index is 12.5. The van der Waals surface area contributed by atoms with Crippen molar-refractivity contribution in [2.45, 2.75) is 36.4 Å². The average Bonchev–Trinajstić information content (AvgIpc) is 3.63. The second-order valence-electron chi connectivity index (χ2n) is 10.0. The molecular weight excluding hydrogens is 522 g/mol. The van der Waals surface area contributed by atoms with Crippen LogP contribution in [-0.2, 0) is 10.2 Å². The quantitative estimate of drug-likeness (QED) is 0.247. The molecule has 4 N–H and O–H groups in total. The van der Waals surface area contributed by atoms with Crippen LogP contribution in [0.3, 0.4) is 0 Å². The Kier molecular flexibility index (Phi) is 7.04. The lowest BCUT2D eigenvalue weighted by molar-refractivity contribution is -0.0960. The summed E-state index contributed by atoms with van der Waals surface area (Å²) in [4.78, 5) is 12.7. The van der Waals surface area contributed by atoms with E-state index in [1.807, 2.05) is 78.9 Å². The first-order chi connectivity index (χ1) is 20.0. The number of hydrogen-bond donors (Lipinski definition) is 3. The number of rotatable bonds is 8. The molecule has 0 saturated carbocycles. The maximum Gasteiger partial charge on any atom is 0.167 e. The fraction of sp³-hybridized carbons (Fsp3) is 0.258. The van der Waals surface area contributed by atoms with Gasteiger partial charge < -0.3 is 30.2 Å². The highest BCUT2D eigenvalue weighted by atomic mass is 16.5. The van der Waals surface area contributed by atoms with Gasteiger partial charge in [0.1, 0.15) is 41.8 Å². The van der Waals surface area contributed by atoms with Gasteiger partial charge in [-0.05, 0) is 41.0 Å². The largest absolute Gasteiger partial charge is 0.497 e. The Hall–Kier alpha value is -4.51. The van der Waals surface area contributed by atoms with Gasteiger partial charge in [-0.25, -0.2) is 15.0 Å². The van der Waals surface area contributed by atoms with Crippen molar-refractivity contribution in [2.75, 3.05) is 20.0 Å². The van der Waals surface area contributed by atoms with Crippen LogP contribution >= 0.6 is 0 Å². The minimum atomic E-state index is -1.22. The van der Waals surface area contributed by atoms with Crippen LogP contribution < -0.4 is 15.2 Å². The lowest BCUT2D eigenvalue weighted by atomic mass is 9.64. The van der Waals surface area contributed by atoms with Crippen molar-refractivity contribution in [2.24, 2.45) is 0 Å². The molecule has 2 aromatic heterocycles. The number of aliphatic hydroxyl groups excluding tert-OH is 2. The predicted molar refractivity (Wildman–Crippen MR) is 153 cm³/mol. The van der Waals surface area contributed by atoms with Crippen molar-refractivity contribution < 1.29 is 24.4 Å². The molecule has 41 heavy (non-hydrogen) atoms. The highest BCUT2D eigenvalue weighted by Gasteiger charge is 2.52. The molecule has 4 atom stereocenters. The van der Waals surface area contributed by atoms with E-state index in [1.165, 1.54) is 6.33 Å². The van der Waals surface area contributed by atoms with Crippen molar-refractivity contribution in [3.63, 3.8) is 0 Å². The minimum Gasteiger partial charge on any atom is -0.497 e. The number of ether oxygens (including phenoxy) is 3. The highest BCUT2D eigenvalue weighted by molar-refractivity contribution is 5.81. The Labute approximate surface area is 237 Å². The molecule has 3 aromatic carbocycles. The van der Waals surface area contributed by atoms with Gasteiger partial charge >= 0.3 is 0 Å². The first-order valence-corrected chi connectivity index (χ1v) is 13.3. The molecule has 0 spiro atoms. The van der Waals surface area contributed by atoms with Gasteiger partial charge in [0.05, 0.1) is 32.1 Å². The number of nitrogens with zero attached hydrogens (tertiary/aromatic N) is 4. The molecule has 1 saturated heterocycles. The van der Waals surface area contributed by atoms with Gasteiger partial charge in [0, 0.05) is 6.42 Å². The molecule has 10 heteroatoms. The summed E-state index contributed by atoms with van der Waals surface area (Å²) in [6.45, 7) is 0. The summed E-state index contributed by atoms with van der Waals surface area (Å²) in [5.41, 5.74) is 8.22. The molecule has 0 aliphatic carbocycles. The summed E-state index contributed by atoms with van der Waals surface area (Å²) in [7, 11) is 3.22. The summed E-state index contributed by atoms with van der Waals surface area (Å²) in [6.07, 6.45) is -0.675. The predicted octanol–water partition coefficient (Wildman–Crippen LogP) is 3.47. The number of aliphatic hydroxyl groups is 2. The second-order valence-corrected chi connectivity index (χ2v) is 10.0. The normalized spacial score (nSPS) is 19.8. The number of nitrogens with two attached hydrogens (primary N) is 1. The zero-order valence-corrected chi connectivity index (χ0v) is 22.7. The van der Waals surface area contributed by atoms with Crippen LogP contribution in [0, 0.1) is 0 Å². The van der Waals surface area contributed by atoms with E-state index < -0.39 is 30.0 Å². The Morgan fingerprint density at radius 2 is 1.46 bits per heavy atom. The molecule has 0 bridgehead atoms. The third-order valence-corrected chi connectivity index (χ3v) is 7.91. The number of aromatic nitrogens is 4. The maximum atomic E-state index is 12.5. The smallest absolute Gasteiger partial charge is 0.167 e. The molecule has 0 amide bonds. The molecule has 1 aliphatic heterocycles. The number of methoxy groups -OCH3 is 2. The van der Waals surface area contributed by atoms with Crippen LogP contribution in [-0.4, -0.2) is 62.3 Å². The summed E-state index contributed by atoms with van der Waals surface area (Å²) in [6, 6.07) is 24.9. The number of benzene rings is 3. The second kappa shape index (κ2) is 10.8. The molecule has 0 radical (unpaired) electrons. The number of nitrogen functional groups attached to an aromatic ring is 1. The standard InChI is InChI=1S/C31H31N5O5/c1-39-22-12-8-20(9-13-22)31(19-6-4-3-5-7-19,21-10-14-23(40-2)15-11-21)28(38)27-24(37)16-25(41-27)36-18-35-26-29(32)33-17-34-30(26)36/h3-15,17-18,24-25,27-28,37-38H,16H2,1-2H3,(H2,32,33,34)/t24-,25+,27-,28?/m0/s1. The fourth-order valence-corrected chi connectivity index (χ4v) is 5.88. The highest BCUT2D eigenvalue weighted by Crippen LogP contribution is 2.47. The lowest BCUT2D eigenvalue weighted by Crippen LogP contribution is -2.51. The SMILES string of the molecule is COc1ccc(C(c2ccccc2)(c2ccc(OC)cc2)C(O)[C@H]2O[C@@H](n3cnc4c(N)ncnc43)C[C@@H]2O)cc1. The molecule has 1 aliphatic rings. The Bertz CT molecular complexity index is 1580. The topological polar surface area (TPSA) is 138 Å². The first-order valence-electron chi connectivity index (χ1n) is 13.3. The molecule has 10 nitrogen and oxygen atoms in total. The van der Waals surface area contributed by atoms with Gasteiger partial charge in [0.2, 0.25) is 0 Å². The molecule has 210 valence electrons. The summed E-state index contributed by atoms with van der Waals surface area (Å²) >= 11 is 0. The molecule has 1 unspecified atom stereocenters. The van der Waals surface area contributed by atoms with Crippen LogP contribution in [0.2, 0.25) is 0 Å². The van der Waals surface area contributed by atoms with E-state index in [2.05, 4.69) is 15.0 Å². The Balaban J connectivity index is 1.49. The molecule has 1 fully saturated rings. The third-order valence-electron chi connectivity index (χ3n) is 7.91. The van der Waals surface area contributed by atoms with Gasteiger partial charge in [0.15, 0.2) is 11.5 Å². The van der Waals surface area contributed by atoms with Crippen molar-refractivity contribution >= 4 is 17.0 Å². The van der Waals surface area contributed by atoms with Crippen LogP contribution in [0.25, 0.3) is 11.2 Å². The number of imidazole rings is 1. The fourth-order valence-electron chi connectivity index (χ4n) is 5.88. The van der Waals surface area contributed by atoms with Gasteiger partial charge in [-0.15, -0.1) is 0 Å². The third kappa shape index (κ3) is 4.46. The Morgan fingerprint density at radius 1 is 0.878 bits per heavy atom. The molecular formula is C31H31N5O5. The first kappa shape index (κ1) is 26.7. The van der Waals surface area contributed by atoms with Crippen LogP contribution in [0.1, 0.15) is 29.3 Å². The number of hydrogen-bond acceptors (Lipinski definition) is 9. The summed E-state index contributed by atoms with van der Waals surface area (Å²) < 4.78 is 19.0. The monoisotopic (exact) mass is 553 g/mol. The van der Waals surface area contributed by atoms with Crippen LogP contribution in [0.4, 0.5) is 5.82 Å². The number of anilines is 1. The van der Waals surface area contributed by atoms with Crippen molar-refractivity contribution in [3.8, 4) is 11.5 Å². The minimum absolute atomic E-state index is 0.215. The summed E-state index contributed by atoms with van der Waals surface area (Å²) in [5.74, 6) is 1.63. The van der Waals surface area contributed by atoms with Crippen molar-refractivity contribution in [1.82, 2.24) is 19.5 Å². The van der Waals surface area contributed by atoms with E-state index >= 15 is 0 Å². The van der Waals surface area contributed by atoms with Crippen molar-refractivity contribution in [1.29, 1.82) is 0 Å². The lowest BCUT2D eigenvalue weighted by Gasteiger charge is -2.43. The van der Waals surface area contributed by atoms with Crippen molar-refractivity contribution in [3.05, 3.63) is 108 Å². The molecule has 3 heterocycles. The summed E-state index contributed by atoms with van der Waals surface area (Å²) in [5, 5.41) is 23.9. The Morgan fingerprint density at radius 3 is 2.05 bits per heavy atom. The zero-order valence-electron chi connectivity index (χ0n) is 22.7. The number of fused-ring (bicyclic) bond motifs is 1. The van der Waals surface area contributed by atoms with E-state index in [9.17, 15) is 10.2 Å². The van der Waals surface area contributed by atoms with Gasteiger partial charge in [-0.3, -0.25) is 4.57 Å². The zero-order chi connectivity index (χ0) is 28.6. The van der Waals surface area contributed by atoms with Gasteiger partial charge in [0.25, 0.3) is 0 Å². The van der Waals surface area contributed by atoms with E-state index in [-0.39, 0.29) is 12.2 Å². The van der Waals surface area contributed by atoms with Gasteiger partial charge in [-0.2, -0.15) is 0 Å². The van der Waals surface area contributed by atoms with Crippen LogP contribution in [0.15, 0.2) is 91.5 Å². The molecule has 6 rings (SSSR count). The molecule has 5 aromatic rings. The van der Waals surface area contributed by atoms with Crippen LogP contribution in [0.5, 0.6) is 11.5 Å². The van der Waals surface area contributed by atoms with E-state index in [0.29, 0.717) is 22.7 Å². The van der Waals surface area contributed by atoms with E-state index in [0.717, 1.165) is 16.7 Å². The van der Waals surface area contributed by atoms with E-state index in [1.54, 1.807) is 25.1 Å². The van der Waals surface area contributed by atoms with Gasteiger partial charge in [-0.1, -0.05) is 54.6 Å².